The summed E-state index contributed by atoms with van der Waals surface area (Å²) in [7, 11) is 0. The molecule has 0 saturated carbocycles. The van der Waals surface area contributed by atoms with Gasteiger partial charge in [-0.2, -0.15) is 0 Å². The Morgan fingerprint density at radius 1 is 1.36 bits per heavy atom. The minimum absolute atomic E-state index is 0.439. The third kappa shape index (κ3) is 2.38. The Morgan fingerprint density at radius 2 is 2.07 bits per heavy atom. The van der Waals surface area contributed by atoms with Crippen molar-refractivity contribution in [2.45, 2.75) is 23.2 Å². The first-order valence-electron chi connectivity index (χ1n) is 4.70. The van der Waals surface area contributed by atoms with Gasteiger partial charge in [0.1, 0.15) is 0 Å². The van der Waals surface area contributed by atoms with Crippen molar-refractivity contribution in [1.29, 1.82) is 0 Å². The molecule has 2 heterocycles. The van der Waals surface area contributed by atoms with Gasteiger partial charge in [0.15, 0.2) is 4.46 Å². The van der Waals surface area contributed by atoms with Crippen LogP contribution < -0.4 is 5.32 Å². The molecule has 1 aromatic rings. The van der Waals surface area contributed by atoms with Gasteiger partial charge in [0.2, 0.25) is 0 Å². The minimum atomic E-state index is -0.772. The van der Waals surface area contributed by atoms with Crippen LogP contribution in [0, 0.1) is 0 Å². The summed E-state index contributed by atoms with van der Waals surface area (Å²) in [4.78, 5) is 3.99. The van der Waals surface area contributed by atoms with Gasteiger partial charge < -0.3 is 0 Å². The number of pyridine rings is 1. The first-order chi connectivity index (χ1) is 6.67. The molecule has 0 amide bonds. The molecule has 4 heteroatoms. The third-order valence-corrected chi connectivity index (χ3v) is 3.13. The zero-order valence-corrected chi connectivity index (χ0v) is 9.22. The van der Waals surface area contributed by atoms with Crippen LogP contribution in [-0.2, 0) is 0 Å². The molecule has 1 N–H and O–H groups in total. The van der Waals surface area contributed by atoms with Crippen LogP contribution in [-0.4, -0.2) is 16.0 Å². The number of hydrogen-bond donors (Lipinski definition) is 1. The van der Waals surface area contributed by atoms with Gasteiger partial charge in [-0.3, -0.25) is 10.3 Å². The molecule has 0 aromatic carbocycles. The molecule has 2 nitrogen and oxygen atoms in total. The second-order valence-electron chi connectivity index (χ2n) is 3.60. The summed E-state index contributed by atoms with van der Waals surface area (Å²) in [6, 6.07) is 4.06. The van der Waals surface area contributed by atoms with Gasteiger partial charge in [-0.25, -0.2) is 0 Å². The number of piperidine rings is 1. The average molecular weight is 231 g/mol. The molecule has 0 spiro atoms. The summed E-state index contributed by atoms with van der Waals surface area (Å²) < 4.78 is -0.772. The highest BCUT2D eigenvalue weighted by Crippen LogP contribution is 2.36. The van der Waals surface area contributed by atoms with Crippen LogP contribution in [0.25, 0.3) is 0 Å². The van der Waals surface area contributed by atoms with Crippen LogP contribution in [0.5, 0.6) is 0 Å². The summed E-state index contributed by atoms with van der Waals surface area (Å²) in [5.74, 6) is 0.439. The van der Waals surface area contributed by atoms with Crippen LogP contribution in [0.1, 0.15) is 24.3 Å². The predicted octanol–water partition coefficient (Wildman–Crippen LogP) is 2.68. The van der Waals surface area contributed by atoms with E-state index in [1.165, 1.54) is 5.56 Å². The van der Waals surface area contributed by atoms with Crippen molar-refractivity contribution in [3.63, 3.8) is 0 Å². The van der Waals surface area contributed by atoms with E-state index in [-0.39, 0.29) is 0 Å². The van der Waals surface area contributed by atoms with E-state index in [4.69, 9.17) is 23.2 Å². The maximum atomic E-state index is 6.06. The summed E-state index contributed by atoms with van der Waals surface area (Å²) in [5, 5.41) is 3.07. The third-order valence-electron chi connectivity index (χ3n) is 2.56. The summed E-state index contributed by atoms with van der Waals surface area (Å²) in [6.45, 7) is 0.861. The topological polar surface area (TPSA) is 24.9 Å². The van der Waals surface area contributed by atoms with Crippen molar-refractivity contribution in [3.05, 3.63) is 30.1 Å². The van der Waals surface area contributed by atoms with Crippen LogP contribution in [0.4, 0.5) is 0 Å². The highest BCUT2D eigenvalue weighted by atomic mass is 35.5. The van der Waals surface area contributed by atoms with Crippen LogP contribution >= 0.6 is 23.2 Å². The number of nitrogens with one attached hydrogen (secondary N) is 1. The maximum absolute atomic E-state index is 6.06. The molecule has 1 aromatic heterocycles. The normalized spacial score (nSPS) is 26.0. The number of nitrogens with zero attached hydrogens (tertiary/aromatic N) is 1. The zero-order chi connectivity index (χ0) is 10.0. The standard InChI is InChI=1S/C10H12Cl2N2/c11-10(12)7-9(3-6-14-10)8-1-4-13-5-2-8/h1-2,4-5,9,14H,3,6-7H2. The second-order valence-corrected chi connectivity index (χ2v) is 5.09. The first kappa shape index (κ1) is 10.2. The van der Waals surface area contributed by atoms with Gasteiger partial charge in [0, 0.05) is 18.8 Å². The highest BCUT2D eigenvalue weighted by molar-refractivity contribution is 6.48. The molecule has 0 radical (unpaired) electrons. The number of hydrogen-bond acceptors (Lipinski definition) is 2. The fraction of sp³-hybridized carbons (Fsp3) is 0.500. The summed E-state index contributed by atoms with van der Waals surface area (Å²) in [6.07, 6.45) is 5.44. The van der Waals surface area contributed by atoms with Crippen molar-refractivity contribution >= 4 is 23.2 Å². The van der Waals surface area contributed by atoms with Gasteiger partial charge >= 0.3 is 0 Å². The summed E-state index contributed by atoms with van der Waals surface area (Å²) >= 11 is 12.1. The highest BCUT2D eigenvalue weighted by Gasteiger charge is 2.32. The van der Waals surface area contributed by atoms with Gasteiger partial charge in [-0.15, -0.1) is 0 Å². The van der Waals surface area contributed by atoms with Gasteiger partial charge in [0.25, 0.3) is 0 Å². The van der Waals surface area contributed by atoms with E-state index in [0.717, 1.165) is 19.4 Å². The Morgan fingerprint density at radius 3 is 2.71 bits per heavy atom. The van der Waals surface area contributed by atoms with Crippen LogP contribution in [0.2, 0.25) is 0 Å². The van der Waals surface area contributed by atoms with Crippen molar-refractivity contribution < 1.29 is 0 Å². The lowest BCUT2D eigenvalue weighted by Crippen LogP contribution is -2.41. The Balaban J connectivity index is 2.12. The number of halogens is 2. The number of aromatic nitrogens is 1. The SMILES string of the molecule is ClC1(Cl)CC(c2ccncc2)CCN1. The second kappa shape index (κ2) is 4.05. The van der Waals surface area contributed by atoms with E-state index >= 15 is 0 Å². The molecule has 14 heavy (non-hydrogen) atoms. The molecule has 1 aliphatic rings. The molecule has 2 rings (SSSR count). The van der Waals surface area contributed by atoms with E-state index in [2.05, 4.69) is 10.3 Å². The monoisotopic (exact) mass is 230 g/mol. The van der Waals surface area contributed by atoms with Gasteiger partial charge in [0.05, 0.1) is 0 Å². The Kier molecular flexibility index (Phi) is 2.96. The van der Waals surface area contributed by atoms with Crippen molar-refractivity contribution in [2.75, 3.05) is 6.54 Å². The van der Waals surface area contributed by atoms with Crippen LogP contribution in [0.3, 0.4) is 0 Å². The van der Waals surface area contributed by atoms with E-state index in [1.807, 2.05) is 24.5 Å². The minimum Gasteiger partial charge on any atom is -0.286 e. The summed E-state index contributed by atoms with van der Waals surface area (Å²) in [5.41, 5.74) is 1.27. The van der Waals surface area contributed by atoms with Gasteiger partial charge in [-0.05, 0) is 36.6 Å². The van der Waals surface area contributed by atoms with E-state index in [1.54, 1.807) is 0 Å². The molecular formula is C10H12Cl2N2. The molecule has 1 fully saturated rings. The van der Waals surface area contributed by atoms with E-state index < -0.39 is 4.46 Å². The smallest absolute Gasteiger partial charge is 0.169 e. The quantitative estimate of drug-likeness (QED) is 0.593. The first-order valence-corrected chi connectivity index (χ1v) is 5.46. The van der Waals surface area contributed by atoms with Gasteiger partial charge in [-0.1, -0.05) is 23.2 Å². The van der Waals surface area contributed by atoms with Crippen molar-refractivity contribution in [2.24, 2.45) is 0 Å². The molecule has 76 valence electrons. The van der Waals surface area contributed by atoms with Crippen LogP contribution in [0.15, 0.2) is 24.5 Å². The lowest BCUT2D eigenvalue weighted by Gasteiger charge is -2.32. The molecule has 1 aliphatic heterocycles. The fourth-order valence-corrected chi connectivity index (χ4v) is 2.39. The predicted molar refractivity (Wildman–Crippen MR) is 58.7 cm³/mol. The average Bonchev–Trinajstić information content (AvgIpc) is 2.18. The van der Waals surface area contributed by atoms with E-state index in [9.17, 15) is 0 Å². The number of rotatable bonds is 1. The molecule has 0 bridgehead atoms. The molecule has 0 aliphatic carbocycles. The van der Waals surface area contributed by atoms with Crippen molar-refractivity contribution in [1.82, 2.24) is 10.3 Å². The molecular weight excluding hydrogens is 219 g/mol. The number of alkyl halides is 2. The zero-order valence-electron chi connectivity index (χ0n) is 7.71. The Hall–Kier alpha value is -0.310. The largest absolute Gasteiger partial charge is 0.286 e. The van der Waals surface area contributed by atoms with Crippen molar-refractivity contribution in [3.8, 4) is 0 Å². The fourth-order valence-electron chi connectivity index (χ4n) is 1.83. The Bertz CT molecular complexity index is 300. The maximum Gasteiger partial charge on any atom is 0.169 e. The van der Waals surface area contributed by atoms with E-state index in [0.29, 0.717) is 5.92 Å². The lowest BCUT2D eigenvalue weighted by molar-refractivity contribution is 0.401. The molecule has 1 unspecified atom stereocenters. The Labute approximate surface area is 93.6 Å². The molecule has 1 saturated heterocycles. The lowest BCUT2D eigenvalue weighted by atomic mass is 9.91. The molecule has 1 atom stereocenters.